The maximum absolute atomic E-state index is 5.65. The number of ether oxygens (including phenoxy) is 1. The molecule has 1 aliphatic carbocycles. The Morgan fingerprint density at radius 1 is 1.59 bits per heavy atom. The van der Waals surface area contributed by atoms with E-state index in [9.17, 15) is 0 Å². The van der Waals surface area contributed by atoms with Crippen LogP contribution in [-0.2, 0) is 4.74 Å². The van der Waals surface area contributed by atoms with Crippen LogP contribution in [0.2, 0.25) is 0 Å². The summed E-state index contributed by atoms with van der Waals surface area (Å²) in [6.07, 6.45) is 5.08. The average molecular weight is 252 g/mol. The number of nitrogens with zero attached hydrogens (tertiary/aromatic N) is 2. The highest BCUT2D eigenvalue weighted by atomic mass is 32.1. The highest BCUT2D eigenvalue weighted by molar-refractivity contribution is 7.80. The summed E-state index contributed by atoms with van der Waals surface area (Å²) in [5.74, 6) is 0.647. The van der Waals surface area contributed by atoms with Gasteiger partial charge in [-0.2, -0.15) is 5.10 Å². The SMILES string of the molecule is COC1CCCC1Nc1nnccc1C(N)=S. The molecule has 17 heavy (non-hydrogen) atoms. The maximum Gasteiger partial charge on any atom is 0.159 e. The van der Waals surface area contributed by atoms with Crippen LogP contribution in [-0.4, -0.2) is 34.4 Å². The molecular weight excluding hydrogens is 236 g/mol. The van der Waals surface area contributed by atoms with Crippen molar-refractivity contribution in [2.24, 2.45) is 5.73 Å². The zero-order chi connectivity index (χ0) is 12.3. The summed E-state index contributed by atoms with van der Waals surface area (Å²) in [5, 5.41) is 11.2. The maximum atomic E-state index is 5.65. The van der Waals surface area contributed by atoms with E-state index in [1.165, 1.54) is 0 Å². The lowest BCUT2D eigenvalue weighted by Gasteiger charge is -2.20. The van der Waals surface area contributed by atoms with Crippen LogP contribution in [0.1, 0.15) is 24.8 Å². The van der Waals surface area contributed by atoms with Crippen LogP contribution in [0, 0.1) is 0 Å². The van der Waals surface area contributed by atoms with Crippen molar-refractivity contribution >= 4 is 23.0 Å². The molecule has 1 saturated carbocycles. The Morgan fingerprint density at radius 3 is 3.12 bits per heavy atom. The van der Waals surface area contributed by atoms with Gasteiger partial charge in [-0.3, -0.25) is 0 Å². The molecule has 2 atom stereocenters. The Hall–Kier alpha value is -1.27. The smallest absolute Gasteiger partial charge is 0.159 e. The fourth-order valence-electron chi connectivity index (χ4n) is 2.19. The van der Waals surface area contributed by atoms with Gasteiger partial charge in [-0.1, -0.05) is 12.2 Å². The number of thiocarbonyl (C=S) groups is 1. The van der Waals surface area contributed by atoms with Gasteiger partial charge in [0.15, 0.2) is 5.82 Å². The molecular formula is C11H16N4OS. The Kier molecular flexibility index (Phi) is 3.86. The molecule has 1 aromatic heterocycles. The number of nitrogens with one attached hydrogen (secondary N) is 1. The molecule has 0 saturated heterocycles. The quantitative estimate of drug-likeness (QED) is 0.782. The van der Waals surface area contributed by atoms with Crippen LogP contribution in [0.4, 0.5) is 5.82 Å². The number of anilines is 1. The van der Waals surface area contributed by atoms with E-state index < -0.39 is 0 Å². The molecule has 0 aliphatic heterocycles. The van der Waals surface area contributed by atoms with Gasteiger partial charge in [-0.15, -0.1) is 5.10 Å². The predicted molar refractivity (Wildman–Crippen MR) is 70.0 cm³/mol. The Morgan fingerprint density at radius 2 is 2.41 bits per heavy atom. The van der Waals surface area contributed by atoms with Crippen molar-refractivity contribution in [3.05, 3.63) is 17.8 Å². The third kappa shape index (κ3) is 2.70. The third-order valence-electron chi connectivity index (χ3n) is 3.06. The second kappa shape index (κ2) is 5.37. The molecule has 92 valence electrons. The van der Waals surface area contributed by atoms with E-state index in [0.717, 1.165) is 24.8 Å². The Labute approximate surface area is 106 Å². The standard InChI is InChI=1S/C11H16N4OS/c1-16-9-4-2-3-8(9)14-11-7(10(12)17)5-6-13-15-11/h5-6,8-9H,2-4H2,1H3,(H2,12,17)(H,14,15). The summed E-state index contributed by atoms with van der Waals surface area (Å²) >= 11 is 4.99. The third-order valence-corrected chi connectivity index (χ3v) is 3.28. The number of aromatic nitrogens is 2. The van der Waals surface area contributed by atoms with Gasteiger partial charge in [0.1, 0.15) is 4.99 Å². The summed E-state index contributed by atoms with van der Waals surface area (Å²) in [7, 11) is 1.73. The molecule has 1 aliphatic rings. The first kappa shape index (κ1) is 12.2. The van der Waals surface area contributed by atoms with Gasteiger partial charge in [-0.05, 0) is 25.3 Å². The van der Waals surface area contributed by atoms with E-state index in [2.05, 4.69) is 15.5 Å². The van der Waals surface area contributed by atoms with Gasteiger partial charge in [-0.25, -0.2) is 0 Å². The monoisotopic (exact) mass is 252 g/mol. The van der Waals surface area contributed by atoms with E-state index in [1.807, 2.05) is 0 Å². The van der Waals surface area contributed by atoms with Crippen LogP contribution in [0.15, 0.2) is 12.3 Å². The molecule has 0 amide bonds. The van der Waals surface area contributed by atoms with Gasteiger partial charge in [0.05, 0.1) is 23.9 Å². The first-order valence-corrected chi connectivity index (χ1v) is 6.04. The molecule has 2 unspecified atom stereocenters. The molecule has 0 spiro atoms. The van der Waals surface area contributed by atoms with Crippen molar-refractivity contribution in [2.75, 3.05) is 12.4 Å². The lowest BCUT2D eigenvalue weighted by molar-refractivity contribution is 0.101. The van der Waals surface area contributed by atoms with Crippen molar-refractivity contribution in [1.82, 2.24) is 10.2 Å². The molecule has 1 heterocycles. The lowest BCUT2D eigenvalue weighted by atomic mass is 10.2. The molecule has 5 nitrogen and oxygen atoms in total. The van der Waals surface area contributed by atoms with Crippen LogP contribution in [0.3, 0.4) is 0 Å². The molecule has 0 bridgehead atoms. The predicted octanol–water partition coefficient (Wildman–Crippen LogP) is 1.09. The number of hydrogen-bond donors (Lipinski definition) is 2. The highest BCUT2D eigenvalue weighted by Crippen LogP contribution is 2.25. The first-order chi connectivity index (χ1) is 8.22. The first-order valence-electron chi connectivity index (χ1n) is 5.63. The minimum atomic E-state index is 0.219. The zero-order valence-corrected chi connectivity index (χ0v) is 10.5. The van der Waals surface area contributed by atoms with Gasteiger partial charge >= 0.3 is 0 Å². The van der Waals surface area contributed by atoms with Crippen LogP contribution in [0.5, 0.6) is 0 Å². The topological polar surface area (TPSA) is 73.1 Å². The van der Waals surface area contributed by atoms with Crippen molar-refractivity contribution in [3.8, 4) is 0 Å². The van der Waals surface area contributed by atoms with Gasteiger partial charge in [0, 0.05) is 7.11 Å². The normalized spacial score (nSPS) is 23.6. The molecule has 6 heteroatoms. The number of hydrogen-bond acceptors (Lipinski definition) is 5. The highest BCUT2D eigenvalue weighted by Gasteiger charge is 2.28. The van der Waals surface area contributed by atoms with Crippen LogP contribution in [0.25, 0.3) is 0 Å². The van der Waals surface area contributed by atoms with Crippen molar-refractivity contribution < 1.29 is 4.74 Å². The van der Waals surface area contributed by atoms with Crippen molar-refractivity contribution in [1.29, 1.82) is 0 Å². The minimum Gasteiger partial charge on any atom is -0.389 e. The molecule has 0 aromatic carbocycles. The van der Waals surface area contributed by atoms with Gasteiger partial charge < -0.3 is 15.8 Å². The van der Waals surface area contributed by atoms with E-state index in [-0.39, 0.29) is 12.1 Å². The summed E-state index contributed by atoms with van der Waals surface area (Å²) in [6, 6.07) is 2.03. The molecule has 0 radical (unpaired) electrons. The summed E-state index contributed by atoms with van der Waals surface area (Å²) in [6.45, 7) is 0. The molecule has 1 aromatic rings. The second-order valence-corrected chi connectivity index (χ2v) is 4.55. The lowest BCUT2D eigenvalue weighted by Crippen LogP contribution is -2.31. The summed E-state index contributed by atoms with van der Waals surface area (Å²) < 4.78 is 5.42. The summed E-state index contributed by atoms with van der Waals surface area (Å²) in [5.41, 5.74) is 6.38. The molecule has 3 N–H and O–H groups in total. The Balaban J connectivity index is 2.15. The molecule has 1 fully saturated rings. The summed E-state index contributed by atoms with van der Waals surface area (Å²) in [4.78, 5) is 0.328. The van der Waals surface area contributed by atoms with Gasteiger partial charge in [0.2, 0.25) is 0 Å². The fourth-order valence-corrected chi connectivity index (χ4v) is 2.35. The number of rotatable bonds is 4. The largest absolute Gasteiger partial charge is 0.389 e. The Bertz CT molecular complexity index is 412. The van der Waals surface area contributed by atoms with E-state index in [4.69, 9.17) is 22.7 Å². The van der Waals surface area contributed by atoms with Crippen molar-refractivity contribution in [3.63, 3.8) is 0 Å². The van der Waals surface area contributed by atoms with Crippen LogP contribution >= 0.6 is 12.2 Å². The number of methoxy groups -OCH3 is 1. The minimum absolute atomic E-state index is 0.219. The second-order valence-electron chi connectivity index (χ2n) is 4.11. The van der Waals surface area contributed by atoms with Gasteiger partial charge in [0.25, 0.3) is 0 Å². The average Bonchev–Trinajstić information content (AvgIpc) is 2.77. The van der Waals surface area contributed by atoms with Crippen molar-refractivity contribution in [2.45, 2.75) is 31.4 Å². The van der Waals surface area contributed by atoms with E-state index in [1.54, 1.807) is 19.4 Å². The number of nitrogens with two attached hydrogens (primary N) is 1. The zero-order valence-electron chi connectivity index (χ0n) is 9.72. The van der Waals surface area contributed by atoms with E-state index >= 15 is 0 Å². The molecule has 2 rings (SSSR count). The fraction of sp³-hybridized carbons (Fsp3) is 0.545. The van der Waals surface area contributed by atoms with Crippen LogP contribution < -0.4 is 11.1 Å². The van der Waals surface area contributed by atoms with E-state index in [0.29, 0.717) is 10.8 Å².